The smallest absolute Gasteiger partial charge is 0.270 e. The number of hydrogen-bond donors (Lipinski definition) is 2. The number of carbonyl (C=O) groups is 1. The fraction of sp³-hybridized carbons (Fsp3) is 0.368. The summed E-state index contributed by atoms with van der Waals surface area (Å²) >= 11 is 0. The zero-order valence-corrected chi connectivity index (χ0v) is 14.2. The maximum absolute atomic E-state index is 13.3. The van der Waals surface area contributed by atoms with Crippen molar-refractivity contribution in [3.05, 3.63) is 53.2 Å². The fourth-order valence-corrected chi connectivity index (χ4v) is 3.67. The number of H-pyrrole nitrogens is 2. The maximum atomic E-state index is 13.3. The summed E-state index contributed by atoms with van der Waals surface area (Å²) in [6, 6.07) is 6.33. The normalized spacial score (nSPS) is 18.0. The number of nitrogens with one attached hydrogen (secondary N) is 2. The summed E-state index contributed by atoms with van der Waals surface area (Å²) in [6.07, 6.45) is 4.86. The van der Waals surface area contributed by atoms with Gasteiger partial charge in [0.2, 0.25) is 0 Å². The Balaban J connectivity index is 1.49. The minimum Gasteiger partial charge on any atom is -0.350 e. The lowest BCUT2D eigenvalue weighted by Gasteiger charge is -2.32. The Labute approximate surface area is 145 Å². The topological polar surface area (TPSA) is 64.8 Å². The highest BCUT2D eigenvalue weighted by Crippen LogP contribution is 2.24. The zero-order chi connectivity index (χ0) is 17.4. The molecule has 6 heteroatoms. The molecular formula is C19H21FN4O. The van der Waals surface area contributed by atoms with Gasteiger partial charge in [0.05, 0.1) is 6.20 Å². The lowest BCUT2D eigenvalue weighted by atomic mass is 9.92. The third-order valence-electron chi connectivity index (χ3n) is 5.05. The molecule has 0 saturated carbocycles. The summed E-state index contributed by atoms with van der Waals surface area (Å²) in [5.41, 5.74) is 3.51. The van der Waals surface area contributed by atoms with Gasteiger partial charge in [-0.25, -0.2) is 4.39 Å². The minimum atomic E-state index is -0.304. The summed E-state index contributed by atoms with van der Waals surface area (Å²) in [4.78, 5) is 17.8. The van der Waals surface area contributed by atoms with Gasteiger partial charge in [-0.15, -0.1) is 0 Å². The molecule has 0 spiro atoms. The molecule has 2 aromatic heterocycles. The lowest BCUT2D eigenvalue weighted by molar-refractivity contribution is 0.0667. The molecule has 130 valence electrons. The highest BCUT2D eigenvalue weighted by atomic mass is 19.1. The first-order chi connectivity index (χ1) is 12.1. The molecule has 1 aliphatic rings. The number of hydrogen-bond acceptors (Lipinski definition) is 2. The molecule has 0 radical (unpaired) electrons. The van der Waals surface area contributed by atoms with Crippen molar-refractivity contribution in [2.75, 3.05) is 13.1 Å². The second kappa shape index (κ2) is 6.35. The first-order valence-corrected chi connectivity index (χ1v) is 8.66. The maximum Gasteiger partial charge on any atom is 0.270 e. The minimum absolute atomic E-state index is 0.0114. The predicted octanol–water partition coefficient (Wildman–Crippen LogP) is 3.43. The van der Waals surface area contributed by atoms with E-state index < -0.39 is 0 Å². The number of carbonyl (C=O) groups excluding carboxylic acids is 1. The number of halogens is 1. The Hall–Kier alpha value is -2.63. The first kappa shape index (κ1) is 15.9. The quantitative estimate of drug-likeness (QED) is 0.767. The number of aromatic nitrogens is 3. The number of rotatable bonds is 3. The largest absolute Gasteiger partial charge is 0.350 e. The van der Waals surface area contributed by atoms with E-state index in [-0.39, 0.29) is 11.7 Å². The van der Waals surface area contributed by atoms with Gasteiger partial charge in [0.15, 0.2) is 0 Å². The predicted molar refractivity (Wildman–Crippen MR) is 93.9 cm³/mol. The van der Waals surface area contributed by atoms with Crippen LogP contribution in [0.5, 0.6) is 0 Å². The number of amides is 1. The van der Waals surface area contributed by atoms with Crippen LogP contribution in [0.25, 0.3) is 10.9 Å². The molecule has 5 nitrogen and oxygen atoms in total. The van der Waals surface area contributed by atoms with Crippen LogP contribution in [0, 0.1) is 18.7 Å². The SMILES string of the molecule is Cc1cn[nH]c1CC1CCCN(C(=O)c2cc3ccc(F)cc3[nH]2)C1. The lowest BCUT2D eigenvalue weighted by Crippen LogP contribution is -2.40. The molecule has 2 N–H and O–H groups in total. The van der Waals surface area contributed by atoms with Crippen molar-refractivity contribution in [1.29, 1.82) is 0 Å². The van der Waals surface area contributed by atoms with E-state index >= 15 is 0 Å². The summed E-state index contributed by atoms with van der Waals surface area (Å²) in [5.74, 6) is 0.114. The third-order valence-corrected chi connectivity index (χ3v) is 5.05. The van der Waals surface area contributed by atoms with Crippen molar-refractivity contribution in [3.8, 4) is 0 Å². The van der Waals surface area contributed by atoms with Crippen LogP contribution in [0.1, 0.15) is 34.6 Å². The van der Waals surface area contributed by atoms with Crippen LogP contribution in [0.2, 0.25) is 0 Å². The van der Waals surface area contributed by atoms with Gasteiger partial charge >= 0.3 is 0 Å². The molecule has 3 aromatic rings. The van der Waals surface area contributed by atoms with Crippen LogP contribution < -0.4 is 0 Å². The van der Waals surface area contributed by atoms with Crippen LogP contribution in [0.3, 0.4) is 0 Å². The van der Waals surface area contributed by atoms with Crippen molar-refractivity contribution >= 4 is 16.8 Å². The van der Waals surface area contributed by atoms with Crippen molar-refractivity contribution in [3.63, 3.8) is 0 Å². The van der Waals surface area contributed by atoms with Crippen molar-refractivity contribution in [1.82, 2.24) is 20.1 Å². The molecule has 1 atom stereocenters. The average molecular weight is 340 g/mol. The molecule has 1 aromatic carbocycles. The van der Waals surface area contributed by atoms with Gasteiger partial charge in [-0.2, -0.15) is 5.10 Å². The molecule has 0 bridgehead atoms. The molecule has 1 amide bonds. The van der Waals surface area contributed by atoms with Gasteiger partial charge in [0.25, 0.3) is 5.91 Å². The van der Waals surface area contributed by atoms with E-state index in [1.54, 1.807) is 12.1 Å². The molecular weight excluding hydrogens is 319 g/mol. The van der Waals surface area contributed by atoms with Crippen molar-refractivity contribution < 1.29 is 9.18 Å². The number of piperidine rings is 1. The van der Waals surface area contributed by atoms with E-state index in [9.17, 15) is 9.18 Å². The molecule has 4 rings (SSSR count). The van der Waals surface area contributed by atoms with E-state index in [0.717, 1.165) is 43.4 Å². The first-order valence-electron chi connectivity index (χ1n) is 8.66. The van der Waals surface area contributed by atoms with Crippen molar-refractivity contribution in [2.45, 2.75) is 26.2 Å². The van der Waals surface area contributed by atoms with Crippen molar-refractivity contribution in [2.24, 2.45) is 5.92 Å². The Bertz CT molecular complexity index is 913. The Morgan fingerprint density at radius 1 is 1.40 bits per heavy atom. The van der Waals surface area contributed by atoms with Gasteiger partial charge in [0.1, 0.15) is 11.5 Å². The molecule has 3 heterocycles. The second-order valence-electron chi connectivity index (χ2n) is 6.91. The number of likely N-dealkylation sites (tertiary alicyclic amines) is 1. The van der Waals surface area contributed by atoms with E-state index in [1.807, 2.05) is 18.0 Å². The summed E-state index contributed by atoms with van der Waals surface area (Å²) in [6.45, 7) is 3.55. The summed E-state index contributed by atoms with van der Waals surface area (Å²) in [7, 11) is 0. The fourth-order valence-electron chi connectivity index (χ4n) is 3.67. The molecule has 1 saturated heterocycles. The Morgan fingerprint density at radius 2 is 2.28 bits per heavy atom. The van der Waals surface area contributed by atoms with E-state index in [0.29, 0.717) is 17.1 Å². The van der Waals surface area contributed by atoms with Crippen LogP contribution in [0.4, 0.5) is 4.39 Å². The number of nitrogens with zero attached hydrogens (tertiary/aromatic N) is 2. The molecule has 25 heavy (non-hydrogen) atoms. The van der Waals surface area contributed by atoms with E-state index in [2.05, 4.69) is 15.2 Å². The van der Waals surface area contributed by atoms with Crippen LogP contribution in [0.15, 0.2) is 30.5 Å². The van der Waals surface area contributed by atoms with Gasteiger partial charge in [0, 0.05) is 29.7 Å². The number of aryl methyl sites for hydroxylation is 1. The third kappa shape index (κ3) is 3.16. The van der Waals surface area contributed by atoms with E-state index in [4.69, 9.17) is 0 Å². The van der Waals surface area contributed by atoms with Crippen LogP contribution >= 0.6 is 0 Å². The highest BCUT2D eigenvalue weighted by Gasteiger charge is 2.26. The monoisotopic (exact) mass is 340 g/mol. The van der Waals surface area contributed by atoms with Crippen LogP contribution in [-0.4, -0.2) is 39.1 Å². The second-order valence-corrected chi connectivity index (χ2v) is 6.91. The molecule has 1 aliphatic heterocycles. The summed E-state index contributed by atoms with van der Waals surface area (Å²) in [5, 5.41) is 7.99. The van der Waals surface area contributed by atoms with Gasteiger partial charge in [-0.3, -0.25) is 9.89 Å². The number of benzene rings is 1. The molecule has 1 unspecified atom stereocenters. The van der Waals surface area contributed by atoms with Gasteiger partial charge in [-0.1, -0.05) is 0 Å². The number of fused-ring (bicyclic) bond motifs is 1. The van der Waals surface area contributed by atoms with E-state index in [1.165, 1.54) is 17.7 Å². The molecule has 1 fully saturated rings. The highest BCUT2D eigenvalue weighted by molar-refractivity contribution is 5.98. The standard InChI is InChI=1S/C19H21FN4O/c1-12-10-21-23-16(12)7-13-3-2-6-24(11-13)19(25)18-8-14-4-5-15(20)9-17(14)22-18/h4-5,8-10,13,22H,2-3,6-7,11H2,1H3,(H,21,23). The van der Waals surface area contributed by atoms with Gasteiger partial charge in [-0.05, 0) is 61.9 Å². The number of aromatic amines is 2. The van der Waals surface area contributed by atoms with Crippen LogP contribution in [-0.2, 0) is 6.42 Å². The molecule has 0 aliphatic carbocycles. The summed E-state index contributed by atoms with van der Waals surface area (Å²) < 4.78 is 13.3. The average Bonchev–Trinajstić information content (AvgIpc) is 3.20. The zero-order valence-electron chi connectivity index (χ0n) is 14.2. The Kier molecular flexibility index (Phi) is 4.03. The van der Waals surface area contributed by atoms with Gasteiger partial charge < -0.3 is 9.88 Å². The Morgan fingerprint density at radius 3 is 3.08 bits per heavy atom.